The molecule has 11 heavy (non-hydrogen) atoms. The standard InChI is InChI=1S/C10H19N/c1-5-6-7-10(11-4)8-9(2)3/h6-9,11H,5H2,1-4H3/b7-6-,10-8+. The van der Waals surface area contributed by atoms with Gasteiger partial charge in [-0.05, 0) is 18.4 Å². The predicted octanol–water partition coefficient (Wildman–Crippen LogP) is 2.71. The Morgan fingerprint density at radius 2 is 2.09 bits per heavy atom. The normalized spacial score (nSPS) is 13.0. The van der Waals surface area contributed by atoms with Crippen molar-refractivity contribution in [3.8, 4) is 0 Å². The zero-order chi connectivity index (χ0) is 8.69. The van der Waals surface area contributed by atoms with Crippen molar-refractivity contribution in [3.05, 3.63) is 23.9 Å². The molecule has 0 aromatic rings. The summed E-state index contributed by atoms with van der Waals surface area (Å²) in [6.45, 7) is 6.49. The molecule has 64 valence electrons. The summed E-state index contributed by atoms with van der Waals surface area (Å²) in [5.41, 5.74) is 1.21. The van der Waals surface area contributed by atoms with E-state index < -0.39 is 0 Å². The van der Waals surface area contributed by atoms with E-state index in [0.29, 0.717) is 5.92 Å². The summed E-state index contributed by atoms with van der Waals surface area (Å²) in [6, 6.07) is 0. The second-order valence-corrected chi connectivity index (χ2v) is 2.93. The molecule has 0 bridgehead atoms. The third kappa shape index (κ3) is 5.71. The summed E-state index contributed by atoms with van der Waals surface area (Å²) in [5.74, 6) is 0.610. The lowest BCUT2D eigenvalue weighted by Gasteiger charge is -2.02. The Balaban J connectivity index is 4.04. The summed E-state index contributed by atoms with van der Waals surface area (Å²) in [4.78, 5) is 0. The van der Waals surface area contributed by atoms with Crippen LogP contribution >= 0.6 is 0 Å². The van der Waals surface area contributed by atoms with Crippen LogP contribution in [-0.4, -0.2) is 7.05 Å². The molecule has 0 aliphatic carbocycles. The van der Waals surface area contributed by atoms with Crippen LogP contribution in [0.15, 0.2) is 23.9 Å². The maximum atomic E-state index is 3.14. The molecule has 0 aromatic carbocycles. The molecule has 0 amide bonds. The van der Waals surface area contributed by atoms with Crippen LogP contribution in [0.3, 0.4) is 0 Å². The highest BCUT2D eigenvalue weighted by atomic mass is 14.8. The smallest absolute Gasteiger partial charge is 0.0296 e. The van der Waals surface area contributed by atoms with Crippen molar-refractivity contribution in [1.82, 2.24) is 5.32 Å². The van der Waals surface area contributed by atoms with E-state index >= 15 is 0 Å². The first-order valence-electron chi connectivity index (χ1n) is 4.26. The fourth-order valence-corrected chi connectivity index (χ4v) is 0.826. The van der Waals surface area contributed by atoms with Gasteiger partial charge in [-0.2, -0.15) is 0 Å². The summed E-state index contributed by atoms with van der Waals surface area (Å²) in [6.07, 6.45) is 7.59. The maximum Gasteiger partial charge on any atom is 0.0296 e. The van der Waals surface area contributed by atoms with Gasteiger partial charge in [-0.1, -0.05) is 32.9 Å². The molecule has 0 unspecified atom stereocenters. The fraction of sp³-hybridized carbons (Fsp3) is 0.600. The van der Waals surface area contributed by atoms with Crippen molar-refractivity contribution in [3.63, 3.8) is 0 Å². The number of nitrogens with one attached hydrogen (secondary N) is 1. The molecule has 0 aliphatic heterocycles. The Morgan fingerprint density at radius 1 is 1.45 bits per heavy atom. The van der Waals surface area contributed by atoms with Gasteiger partial charge in [-0.15, -0.1) is 0 Å². The van der Waals surface area contributed by atoms with E-state index in [0.717, 1.165) is 6.42 Å². The second-order valence-electron chi connectivity index (χ2n) is 2.93. The van der Waals surface area contributed by atoms with Crippen LogP contribution in [0.2, 0.25) is 0 Å². The molecular weight excluding hydrogens is 134 g/mol. The van der Waals surface area contributed by atoms with Crippen LogP contribution in [0.5, 0.6) is 0 Å². The molecule has 0 aliphatic rings. The van der Waals surface area contributed by atoms with Crippen molar-refractivity contribution < 1.29 is 0 Å². The molecule has 0 saturated heterocycles. The molecule has 1 heteroatoms. The molecule has 0 radical (unpaired) electrons. The zero-order valence-corrected chi connectivity index (χ0v) is 8.02. The first kappa shape index (κ1) is 10.3. The Bertz CT molecular complexity index is 143. The number of likely N-dealkylation sites (N-methyl/N-ethyl adjacent to an activating group) is 1. The molecule has 0 aromatic heterocycles. The van der Waals surface area contributed by atoms with Crippen LogP contribution in [0, 0.1) is 5.92 Å². The lowest BCUT2D eigenvalue weighted by Crippen LogP contribution is -2.04. The molecule has 0 heterocycles. The number of allylic oxidation sites excluding steroid dienone is 3. The first-order valence-corrected chi connectivity index (χ1v) is 4.26. The maximum absolute atomic E-state index is 3.14. The van der Waals surface area contributed by atoms with Crippen LogP contribution in [0.4, 0.5) is 0 Å². The molecule has 1 nitrogen and oxygen atoms in total. The fourth-order valence-electron chi connectivity index (χ4n) is 0.826. The number of hydrogen-bond donors (Lipinski definition) is 1. The minimum atomic E-state index is 0.610. The summed E-state index contributed by atoms with van der Waals surface area (Å²) < 4.78 is 0. The zero-order valence-electron chi connectivity index (χ0n) is 8.02. The van der Waals surface area contributed by atoms with E-state index in [1.807, 2.05) is 7.05 Å². The van der Waals surface area contributed by atoms with Crippen molar-refractivity contribution in [2.45, 2.75) is 27.2 Å². The van der Waals surface area contributed by atoms with E-state index in [-0.39, 0.29) is 0 Å². The highest BCUT2D eigenvalue weighted by Crippen LogP contribution is 2.00. The van der Waals surface area contributed by atoms with Gasteiger partial charge in [0.25, 0.3) is 0 Å². The monoisotopic (exact) mass is 153 g/mol. The highest BCUT2D eigenvalue weighted by Gasteiger charge is 1.89. The van der Waals surface area contributed by atoms with E-state index in [9.17, 15) is 0 Å². The highest BCUT2D eigenvalue weighted by molar-refractivity contribution is 5.16. The van der Waals surface area contributed by atoms with Gasteiger partial charge in [0.15, 0.2) is 0 Å². The Hall–Kier alpha value is -0.720. The van der Waals surface area contributed by atoms with Gasteiger partial charge in [-0.3, -0.25) is 0 Å². The average molecular weight is 153 g/mol. The van der Waals surface area contributed by atoms with Crippen LogP contribution < -0.4 is 5.32 Å². The molecule has 0 saturated carbocycles. The topological polar surface area (TPSA) is 12.0 Å². The summed E-state index contributed by atoms with van der Waals surface area (Å²) in [5, 5.41) is 3.14. The second kappa shape index (κ2) is 6.02. The van der Waals surface area contributed by atoms with Crippen molar-refractivity contribution in [1.29, 1.82) is 0 Å². The van der Waals surface area contributed by atoms with Gasteiger partial charge in [0.05, 0.1) is 0 Å². The van der Waals surface area contributed by atoms with Crippen molar-refractivity contribution in [2.24, 2.45) is 5.92 Å². The quantitative estimate of drug-likeness (QED) is 0.612. The molecular formula is C10H19N. The molecule has 0 fully saturated rings. The van der Waals surface area contributed by atoms with Crippen LogP contribution in [0.25, 0.3) is 0 Å². The predicted molar refractivity (Wildman–Crippen MR) is 51.4 cm³/mol. The van der Waals surface area contributed by atoms with Gasteiger partial charge in [0.2, 0.25) is 0 Å². The largest absolute Gasteiger partial charge is 0.388 e. The lowest BCUT2D eigenvalue weighted by atomic mass is 10.2. The Kier molecular flexibility index (Phi) is 5.63. The first-order chi connectivity index (χ1) is 5.20. The molecule has 1 N–H and O–H groups in total. The van der Waals surface area contributed by atoms with Crippen LogP contribution in [-0.2, 0) is 0 Å². The van der Waals surface area contributed by atoms with Gasteiger partial charge < -0.3 is 5.32 Å². The SMILES string of the molecule is CC/C=C\C(=C/C(C)C)NC. The number of rotatable bonds is 4. The third-order valence-electron chi connectivity index (χ3n) is 1.33. The van der Waals surface area contributed by atoms with Gasteiger partial charge in [-0.25, -0.2) is 0 Å². The Morgan fingerprint density at radius 3 is 2.45 bits per heavy atom. The van der Waals surface area contributed by atoms with Crippen molar-refractivity contribution >= 4 is 0 Å². The third-order valence-corrected chi connectivity index (χ3v) is 1.33. The minimum absolute atomic E-state index is 0.610. The lowest BCUT2D eigenvalue weighted by molar-refractivity contribution is 0.810. The summed E-state index contributed by atoms with van der Waals surface area (Å²) >= 11 is 0. The van der Waals surface area contributed by atoms with E-state index in [4.69, 9.17) is 0 Å². The van der Waals surface area contributed by atoms with E-state index in [2.05, 4.69) is 44.3 Å². The molecule has 0 rings (SSSR count). The van der Waals surface area contributed by atoms with Gasteiger partial charge in [0, 0.05) is 12.7 Å². The summed E-state index contributed by atoms with van der Waals surface area (Å²) in [7, 11) is 1.95. The van der Waals surface area contributed by atoms with Gasteiger partial charge in [0.1, 0.15) is 0 Å². The average Bonchev–Trinajstić information content (AvgIpc) is 1.97. The molecule has 0 atom stereocenters. The van der Waals surface area contributed by atoms with Gasteiger partial charge >= 0.3 is 0 Å². The van der Waals surface area contributed by atoms with E-state index in [1.54, 1.807) is 0 Å². The molecule has 0 spiro atoms. The Labute approximate surface area is 70.2 Å². The van der Waals surface area contributed by atoms with E-state index in [1.165, 1.54) is 5.70 Å². The van der Waals surface area contributed by atoms with Crippen molar-refractivity contribution in [2.75, 3.05) is 7.05 Å². The van der Waals surface area contributed by atoms with Crippen LogP contribution in [0.1, 0.15) is 27.2 Å². The minimum Gasteiger partial charge on any atom is -0.388 e. The number of hydrogen-bond acceptors (Lipinski definition) is 1.